The van der Waals surface area contributed by atoms with E-state index in [0.717, 1.165) is 43.8 Å². The first-order valence-electron chi connectivity index (χ1n) is 8.70. The van der Waals surface area contributed by atoms with Gasteiger partial charge >= 0.3 is 0 Å². The molecular formula is C23H14N2O2S. The van der Waals surface area contributed by atoms with Gasteiger partial charge in [-0.25, -0.2) is 9.83 Å². The van der Waals surface area contributed by atoms with E-state index in [1.165, 1.54) is 0 Å². The maximum Gasteiger partial charge on any atom is 0.187 e. The highest BCUT2D eigenvalue weighted by atomic mass is 32.1. The van der Waals surface area contributed by atoms with E-state index in [1.54, 1.807) is 18.4 Å². The smallest absolute Gasteiger partial charge is 0.187 e. The van der Waals surface area contributed by atoms with Crippen LogP contribution in [0, 0.1) is 6.57 Å². The third kappa shape index (κ3) is 2.55. The zero-order valence-electron chi connectivity index (χ0n) is 15.0. The number of nitrogens with zero attached hydrogens (tertiary/aromatic N) is 2. The van der Waals surface area contributed by atoms with Crippen LogP contribution in [0.2, 0.25) is 0 Å². The Morgan fingerprint density at radius 2 is 1.86 bits per heavy atom. The summed E-state index contributed by atoms with van der Waals surface area (Å²) in [4.78, 5) is 8.30. The molecule has 0 atom stereocenters. The van der Waals surface area contributed by atoms with Crippen molar-refractivity contribution in [1.29, 1.82) is 0 Å². The Bertz CT molecular complexity index is 1360. The fourth-order valence-corrected chi connectivity index (χ4v) is 4.24. The lowest BCUT2D eigenvalue weighted by atomic mass is 10.1. The molecular weight excluding hydrogens is 368 g/mol. The summed E-state index contributed by atoms with van der Waals surface area (Å²) in [6.45, 7) is 7.09. The fraction of sp³-hybridized carbons (Fsp3) is 0.0435. The minimum Gasteiger partial charge on any atom is -0.493 e. The van der Waals surface area contributed by atoms with Crippen molar-refractivity contribution < 1.29 is 9.15 Å². The number of hydrogen-bond acceptors (Lipinski definition) is 4. The molecule has 134 valence electrons. The maximum absolute atomic E-state index is 7.09. The summed E-state index contributed by atoms with van der Waals surface area (Å²) in [5.74, 6) is 0.710. The summed E-state index contributed by atoms with van der Waals surface area (Å²) in [7, 11) is 1.65. The van der Waals surface area contributed by atoms with Gasteiger partial charge in [-0.05, 0) is 23.8 Å². The number of furan rings is 1. The van der Waals surface area contributed by atoms with Gasteiger partial charge in [-0.2, -0.15) is 0 Å². The molecule has 0 amide bonds. The lowest BCUT2D eigenvalue weighted by Gasteiger charge is -2.04. The molecule has 0 fully saturated rings. The predicted molar refractivity (Wildman–Crippen MR) is 113 cm³/mol. The number of hydrogen-bond donors (Lipinski definition) is 0. The maximum atomic E-state index is 7.09. The topological polar surface area (TPSA) is 39.6 Å². The second-order valence-electron chi connectivity index (χ2n) is 6.31. The van der Waals surface area contributed by atoms with Crippen LogP contribution in [-0.2, 0) is 0 Å². The predicted octanol–water partition coefficient (Wildman–Crippen LogP) is 6.94. The third-order valence-corrected chi connectivity index (χ3v) is 5.61. The van der Waals surface area contributed by atoms with Gasteiger partial charge in [0.2, 0.25) is 0 Å². The lowest BCUT2D eigenvalue weighted by molar-refractivity contribution is 0.412. The Balaban J connectivity index is 1.69. The highest BCUT2D eigenvalue weighted by Gasteiger charge is 2.18. The second-order valence-corrected chi connectivity index (χ2v) is 7.17. The molecule has 3 aromatic carbocycles. The molecule has 0 spiro atoms. The zero-order valence-corrected chi connectivity index (χ0v) is 15.8. The number of aromatic nitrogens is 1. The van der Waals surface area contributed by atoms with Gasteiger partial charge in [0.1, 0.15) is 10.6 Å². The van der Waals surface area contributed by atoms with Crippen LogP contribution in [0.25, 0.3) is 48.6 Å². The van der Waals surface area contributed by atoms with Crippen LogP contribution in [-0.4, -0.2) is 12.1 Å². The Labute approximate surface area is 165 Å². The zero-order chi connectivity index (χ0) is 19.1. The van der Waals surface area contributed by atoms with E-state index in [9.17, 15) is 0 Å². The molecule has 28 heavy (non-hydrogen) atoms. The molecule has 0 bridgehead atoms. The van der Waals surface area contributed by atoms with Gasteiger partial charge in [0.15, 0.2) is 17.0 Å². The largest absolute Gasteiger partial charge is 0.493 e. The van der Waals surface area contributed by atoms with E-state index in [4.69, 9.17) is 20.7 Å². The number of rotatable bonds is 3. The Morgan fingerprint density at radius 3 is 2.64 bits per heavy atom. The molecule has 5 rings (SSSR count). The van der Waals surface area contributed by atoms with E-state index in [2.05, 4.69) is 10.9 Å². The number of methoxy groups -OCH3 is 1. The van der Waals surface area contributed by atoms with Crippen LogP contribution < -0.4 is 4.74 Å². The normalized spacial score (nSPS) is 11.0. The standard InChI is InChI=1S/C23H14N2O2S/c1-24-15-9-7-14(8-10-15)18-13-28-23(25-18)17-11-12-20(26-2)22-21(17)16-5-3-4-6-19(16)27-22/h3-13H,2H3. The summed E-state index contributed by atoms with van der Waals surface area (Å²) in [5.41, 5.74) is 5.11. The molecule has 0 aliphatic carbocycles. The van der Waals surface area contributed by atoms with Gasteiger partial charge in [-0.3, -0.25) is 0 Å². The first-order chi connectivity index (χ1) is 13.8. The number of benzene rings is 3. The Hall–Kier alpha value is -3.62. The van der Waals surface area contributed by atoms with Crippen molar-refractivity contribution >= 4 is 39.0 Å². The lowest BCUT2D eigenvalue weighted by Crippen LogP contribution is -1.85. The van der Waals surface area contributed by atoms with Crippen molar-refractivity contribution in [3.05, 3.63) is 77.5 Å². The highest BCUT2D eigenvalue weighted by molar-refractivity contribution is 7.13. The molecule has 0 saturated heterocycles. The second kappa shape index (κ2) is 6.52. The molecule has 0 radical (unpaired) electrons. The fourth-order valence-electron chi connectivity index (χ4n) is 3.38. The molecule has 0 aliphatic heterocycles. The first kappa shape index (κ1) is 16.5. The third-order valence-electron chi connectivity index (χ3n) is 4.74. The number of fused-ring (bicyclic) bond motifs is 3. The van der Waals surface area contributed by atoms with E-state index < -0.39 is 0 Å². The number of thiazole rings is 1. The van der Waals surface area contributed by atoms with Gasteiger partial charge in [0.25, 0.3) is 0 Å². The van der Waals surface area contributed by atoms with Crippen LogP contribution in [0.5, 0.6) is 5.75 Å². The minimum atomic E-state index is 0.626. The van der Waals surface area contributed by atoms with Gasteiger partial charge in [0, 0.05) is 21.7 Å². The van der Waals surface area contributed by atoms with E-state index in [-0.39, 0.29) is 0 Å². The first-order valence-corrected chi connectivity index (χ1v) is 9.58. The molecule has 5 heteroatoms. The van der Waals surface area contributed by atoms with Crippen molar-refractivity contribution in [2.45, 2.75) is 0 Å². The SMILES string of the molecule is [C-]#[N+]c1ccc(-c2csc(-c3ccc(OC)c4oc5ccccc5c34)n2)cc1. The van der Waals surface area contributed by atoms with Gasteiger partial charge < -0.3 is 9.15 Å². The monoisotopic (exact) mass is 382 g/mol. The summed E-state index contributed by atoms with van der Waals surface area (Å²) < 4.78 is 11.6. The summed E-state index contributed by atoms with van der Waals surface area (Å²) >= 11 is 1.59. The average Bonchev–Trinajstić information content (AvgIpc) is 3.38. The number of para-hydroxylation sites is 1. The van der Waals surface area contributed by atoms with Crippen molar-refractivity contribution in [2.24, 2.45) is 0 Å². The van der Waals surface area contributed by atoms with Crippen LogP contribution in [0.4, 0.5) is 5.69 Å². The average molecular weight is 382 g/mol. The van der Waals surface area contributed by atoms with Gasteiger partial charge in [-0.15, -0.1) is 11.3 Å². The molecule has 0 unspecified atom stereocenters. The Morgan fingerprint density at radius 1 is 1.04 bits per heavy atom. The Kier molecular flexibility index (Phi) is 3.85. The van der Waals surface area contributed by atoms with Gasteiger partial charge in [0.05, 0.1) is 19.4 Å². The van der Waals surface area contributed by atoms with Crippen LogP contribution >= 0.6 is 11.3 Å². The summed E-state index contributed by atoms with van der Waals surface area (Å²) in [6.07, 6.45) is 0. The molecule has 0 saturated carbocycles. The van der Waals surface area contributed by atoms with Crippen LogP contribution in [0.3, 0.4) is 0 Å². The number of ether oxygens (including phenoxy) is 1. The van der Waals surface area contributed by atoms with E-state index in [0.29, 0.717) is 11.4 Å². The van der Waals surface area contributed by atoms with Crippen molar-refractivity contribution in [3.8, 4) is 27.6 Å². The molecule has 0 N–H and O–H groups in total. The molecule has 0 aliphatic rings. The van der Waals surface area contributed by atoms with E-state index >= 15 is 0 Å². The molecule has 4 nitrogen and oxygen atoms in total. The van der Waals surface area contributed by atoms with Crippen LogP contribution in [0.15, 0.2) is 70.5 Å². The summed E-state index contributed by atoms with van der Waals surface area (Å²) in [5, 5.41) is 5.02. The van der Waals surface area contributed by atoms with Crippen molar-refractivity contribution in [1.82, 2.24) is 4.98 Å². The van der Waals surface area contributed by atoms with Crippen LogP contribution in [0.1, 0.15) is 0 Å². The molecule has 2 aromatic heterocycles. The molecule has 2 heterocycles. The summed E-state index contributed by atoms with van der Waals surface area (Å²) in [6, 6.07) is 19.4. The van der Waals surface area contributed by atoms with Crippen molar-refractivity contribution in [3.63, 3.8) is 0 Å². The quantitative estimate of drug-likeness (QED) is 0.317. The minimum absolute atomic E-state index is 0.626. The van der Waals surface area contributed by atoms with Gasteiger partial charge in [-0.1, -0.05) is 42.5 Å². The van der Waals surface area contributed by atoms with Crippen molar-refractivity contribution in [2.75, 3.05) is 7.11 Å². The van der Waals surface area contributed by atoms with E-state index in [1.807, 2.05) is 60.0 Å². The molecule has 5 aromatic rings. The highest BCUT2D eigenvalue weighted by Crippen LogP contribution is 2.42.